The molecule has 0 saturated carbocycles. The smallest absolute Gasteiger partial charge is 0.122 e. The summed E-state index contributed by atoms with van der Waals surface area (Å²) in [5, 5.41) is 3.31. The third-order valence-electron chi connectivity index (χ3n) is 2.10. The lowest BCUT2D eigenvalue weighted by atomic mass is 10.1. The number of benzene rings is 1. The third-order valence-corrected chi connectivity index (χ3v) is 2.82. The van der Waals surface area contributed by atoms with Gasteiger partial charge in [-0.05, 0) is 36.7 Å². The number of methoxy groups -OCH3 is 1. The molecule has 84 valence electrons. The molecule has 0 bridgehead atoms. The molecule has 2 nitrogen and oxygen atoms in total. The highest BCUT2D eigenvalue weighted by molar-refractivity contribution is 9.10. The van der Waals surface area contributed by atoms with Gasteiger partial charge in [0.25, 0.3) is 0 Å². The molecule has 0 aliphatic heterocycles. The standard InChI is InChI=1S/C11H16BrNOS/c1-14-11-3-2-10(12)8-9(11)4-5-13-6-7-15/h2-3,8,13,15H,4-7H2,1H3. The zero-order valence-electron chi connectivity index (χ0n) is 8.79. The van der Waals surface area contributed by atoms with Crippen LogP contribution in [-0.2, 0) is 6.42 Å². The van der Waals surface area contributed by atoms with Crippen LogP contribution in [0.1, 0.15) is 5.56 Å². The van der Waals surface area contributed by atoms with E-state index in [2.05, 4.69) is 39.9 Å². The number of hydrogen-bond acceptors (Lipinski definition) is 3. The topological polar surface area (TPSA) is 21.3 Å². The van der Waals surface area contributed by atoms with E-state index in [1.807, 2.05) is 12.1 Å². The summed E-state index contributed by atoms with van der Waals surface area (Å²) in [4.78, 5) is 0. The van der Waals surface area contributed by atoms with Crippen LogP contribution in [0.5, 0.6) is 5.75 Å². The van der Waals surface area contributed by atoms with Gasteiger partial charge < -0.3 is 10.1 Å². The van der Waals surface area contributed by atoms with Gasteiger partial charge in [0.15, 0.2) is 0 Å². The Bertz CT molecular complexity index is 307. The summed E-state index contributed by atoms with van der Waals surface area (Å²) < 4.78 is 6.38. The van der Waals surface area contributed by atoms with Gasteiger partial charge in [0.1, 0.15) is 5.75 Å². The molecule has 15 heavy (non-hydrogen) atoms. The molecular formula is C11H16BrNOS. The Labute approximate surface area is 105 Å². The van der Waals surface area contributed by atoms with Crippen LogP contribution in [-0.4, -0.2) is 26.0 Å². The van der Waals surface area contributed by atoms with E-state index >= 15 is 0 Å². The molecule has 1 aromatic rings. The second-order valence-corrected chi connectivity index (χ2v) is 4.54. The predicted octanol–water partition coefficient (Wildman–Crippen LogP) is 2.52. The number of nitrogens with one attached hydrogen (secondary N) is 1. The zero-order chi connectivity index (χ0) is 11.1. The molecule has 0 radical (unpaired) electrons. The number of hydrogen-bond donors (Lipinski definition) is 2. The van der Waals surface area contributed by atoms with Gasteiger partial charge in [0, 0.05) is 16.8 Å². The first kappa shape index (κ1) is 12.9. The molecule has 0 aromatic heterocycles. The fourth-order valence-corrected chi connectivity index (χ4v) is 1.94. The number of thiol groups is 1. The maximum Gasteiger partial charge on any atom is 0.122 e. The van der Waals surface area contributed by atoms with Crippen molar-refractivity contribution in [3.05, 3.63) is 28.2 Å². The van der Waals surface area contributed by atoms with Crippen molar-refractivity contribution >= 4 is 28.6 Å². The van der Waals surface area contributed by atoms with Crippen molar-refractivity contribution in [3.63, 3.8) is 0 Å². The predicted molar refractivity (Wildman–Crippen MR) is 71.1 cm³/mol. The molecular weight excluding hydrogens is 274 g/mol. The highest BCUT2D eigenvalue weighted by Gasteiger charge is 2.02. The lowest BCUT2D eigenvalue weighted by Gasteiger charge is -2.09. The van der Waals surface area contributed by atoms with Crippen LogP contribution in [0, 0.1) is 0 Å². The summed E-state index contributed by atoms with van der Waals surface area (Å²) in [7, 11) is 1.70. The van der Waals surface area contributed by atoms with Gasteiger partial charge in [-0.25, -0.2) is 0 Å². The second-order valence-electron chi connectivity index (χ2n) is 3.18. The molecule has 4 heteroatoms. The first-order chi connectivity index (χ1) is 7.27. The molecule has 0 heterocycles. The molecule has 1 aromatic carbocycles. The van der Waals surface area contributed by atoms with Crippen molar-refractivity contribution in [1.82, 2.24) is 5.32 Å². The average Bonchev–Trinajstić information content (AvgIpc) is 2.25. The minimum absolute atomic E-state index is 0.871. The van der Waals surface area contributed by atoms with Crippen molar-refractivity contribution in [2.24, 2.45) is 0 Å². The lowest BCUT2D eigenvalue weighted by Crippen LogP contribution is -2.19. The van der Waals surface area contributed by atoms with Gasteiger partial charge in [0.2, 0.25) is 0 Å². The molecule has 0 atom stereocenters. The molecule has 1 N–H and O–H groups in total. The normalized spacial score (nSPS) is 10.3. The Kier molecular flexibility index (Phi) is 6.13. The van der Waals surface area contributed by atoms with E-state index < -0.39 is 0 Å². The summed E-state index contributed by atoms with van der Waals surface area (Å²) in [6, 6.07) is 6.07. The molecule has 0 saturated heterocycles. The first-order valence-electron chi connectivity index (χ1n) is 4.92. The molecule has 0 unspecified atom stereocenters. The maximum atomic E-state index is 5.29. The van der Waals surface area contributed by atoms with Gasteiger partial charge >= 0.3 is 0 Å². The van der Waals surface area contributed by atoms with E-state index in [-0.39, 0.29) is 0 Å². The molecule has 0 fully saturated rings. The van der Waals surface area contributed by atoms with Gasteiger partial charge in [-0.15, -0.1) is 0 Å². The monoisotopic (exact) mass is 289 g/mol. The Morgan fingerprint density at radius 1 is 1.40 bits per heavy atom. The van der Waals surface area contributed by atoms with Crippen molar-refractivity contribution in [1.29, 1.82) is 0 Å². The Morgan fingerprint density at radius 3 is 2.87 bits per heavy atom. The molecule has 0 spiro atoms. The van der Waals surface area contributed by atoms with E-state index in [9.17, 15) is 0 Å². The zero-order valence-corrected chi connectivity index (χ0v) is 11.3. The van der Waals surface area contributed by atoms with Crippen LogP contribution in [0.15, 0.2) is 22.7 Å². The van der Waals surface area contributed by atoms with E-state index in [0.717, 1.165) is 35.5 Å². The molecule has 0 aliphatic carbocycles. The van der Waals surface area contributed by atoms with E-state index in [4.69, 9.17) is 4.74 Å². The Morgan fingerprint density at radius 2 is 2.20 bits per heavy atom. The van der Waals surface area contributed by atoms with Crippen LogP contribution in [0.3, 0.4) is 0 Å². The summed E-state index contributed by atoms with van der Waals surface area (Å²) >= 11 is 7.60. The maximum absolute atomic E-state index is 5.29. The molecule has 0 amide bonds. The minimum Gasteiger partial charge on any atom is -0.496 e. The summed E-state index contributed by atoms with van der Waals surface area (Å²) in [6.07, 6.45) is 0.969. The largest absolute Gasteiger partial charge is 0.496 e. The fraction of sp³-hybridized carbons (Fsp3) is 0.455. The van der Waals surface area contributed by atoms with Gasteiger partial charge in [-0.2, -0.15) is 12.6 Å². The minimum atomic E-state index is 0.871. The van der Waals surface area contributed by atoms with Crippen molar-refractivity contribution in [2.75, 3.05) is 26.0 Å². The van der Waals surface area contributed by atoms with E-state index in [0.29, 0.717) is 0 Å². The summed E-state index contributed by atoms with van der Waals surface area (Å²) in [5.41, 5.74) is 1.22. The SMILES string of the molecule is COc1ccc(Br)cc1CCNCCS. The van der Waals surface area contributed by atoms with Crippen LogP contribution in [0.25, 0.3) is 0 Å². The first-order valence-corrected chi connectivity index (χ1v) is 6.34. The van der Waals surface area contributed by atoms with Crippen molar-refractivity contribution in [2.45, 2.75) is 6.42 Å². The highest BCUT2D eigenvalue weighted by Crippen LogP contribution is 2.22. The van der Waals surface area contributed by atoms with Gasteiger partial charge in [-0.3, -0.25) is 0 Å². The summed E-state index contributed by atoms with van der Waals surface area (Å²) in [5.74, 6) is 1.82. The van der Waals surface area contributed by atoms with Gasteiger partial charge in [0.05, 0.1) is 7.11 Å². The van der Waals surface area contributed by atoms with E-state index in [1.165, 1.54) is 5.56 Å². The Balaban J connectivity index is 2.54. The number of halogens is 1. The van der Waals surface area contributed by atoms with Crippen LogP contribution >= 0.6 is 28.6 Å². The second kappa shape index (κ2) is 7.14. The fourth-order valence-electron chi connectivity index (χ4n) is 1.37. The number of ether oxygens (including phenoxy) is 1. The highest BCUT2D eigenvalue weighted by atomic mass is 79.9. The Hall–Kier alpha value is -0.190. The average molecular weight is 290 g/mol. The van der Waals surface area contributed by atoms with Crippen LogP contribution < -0.4 is 10.1 Å². The van der Waals surface area contributed by atoms with Crippen LogP contribution in [0.2, 0.25) is 0 Å². The summed E-state index contributed by atoms with van der Waals surface area (Å²) in [6.45, 7) is 1.90. The molecule has 1 rings (SSSR count). The molecule has 0 aliphatic rings. The van der Waals surface area contributed by atoms with Crippen LogP contribution in [0.4, 0.5) is 0 Å². The van der Waals surface area contributed by atoms with E-state index in [1.54, 1.807) is 7.11 Å². The van der Waals surface area contributed by atoms with Gasteiger partial charge in [-0.1, -0.05) is 15.9 Å². The van der Waals surface area contributed by atoms with Crippen molar-refractivity contribution < 1.29 is 4.74 Å². The lowest BCUT2D eigenvalue weighted by molar-refractivity contribution is 0.409. The quantitative estimate of drug-likeness (QED) is 0.620. The number of rotatable bonds is 6. The van der Waals surface area contributed by atoms with Crippen molar-refractivity contribution in [3.8, 4) is 5.75 Å². The third kappa shape index (κ3) is 4.45.